The Hall–Kier alpha value is -2.25. The first kappa shape index (κ1) is 16.1. The number of carbonyl (C=O) groups is 1. The number of esters is 1. The molecule has 0 unspecified atom stereocenters. The van der Waals surface area contributed by atoms with E-state index in [1.807, 2.05) is 24.3 Å². The van der Waals surface area contributed by atoms with Crippen LogP contribution in [0.3, 0.4) is 0 Å². The number of ether oxygens (including phenoxy) is 2. The van der Waals surface area contributed by atoms with E-state index in [-0.39, 0.29) is 12.6 Å². The monoisotopic (exact) mass is 358 g/mol. The Labute approximate surface area is 138 Å². The molecule has 2 aromatic carbocycles. The average Bonchev–Trinajstić information content (AvgIpc) is 2.58. The minimum Gasteiger partial charge on any atom is -0.497 e. The highest BCUT2D eigenvalue weighted by molar-refractivity contribution is 9.09. The summed E-state index contributed by atoms with van der Waals surface area (Å²) >= 11 is 3.24. The molecule has 0 aliphatic heterocycles. The molecule has 0 saturated carbocycles. The third kappa shape index (κ3) is 4.64. The zero-order valence-electron chi connectivity index (χ0n) is 12.1. The minimum absolute atomic E-state index is 0.230. The van der Waals surface area contributed by atoms with Crippen LogP contribution in [0, 0.1) is 11.8 Å². The van der Waals surface area contributed by atoms with Gasteiger partial charge in [0.2, 0.25) is 0 Å². The van der Waals surface area contributed by atoms with Gasteiger partial charge in [-0.15, -0.1) is 0 Å². The fourth-order valence-corrected chi connectivity index (χ4v) is 1.92. The maximum atomic E-state index is 12.0. The number of methoxy groups -OCH3 is 1. The molecule has 3 nitrogen and oxygen atoms in total. The molecule has 0 N–H and O–H groups in total. The zero-order valence-corrected chi connectivity index (χ0v) is 13.7. The number of rotatable bonds is 4. The van der Waals surface area contributed by atoms with Gasteiger partial charge in [0.25, 0.3) is 0 Å². The number of hydrogen-bond acceptors (Lipinski definition) is 3. The molecule has 22 heavy (non-hydrogen) atoms. The molecule has 0 aliphatic rings. The van der Waals surface area contributed by atoms with Crippen molar-refractivity contribution < 1.29 is 14.3 Å². The SMILES string of the molecule is COc1ccc(COC(=O)c2ccc(C#CCBr)cc2)cc1. The summed E-state index contributed by atoms with van der Waals surface area (Å²) in [7, 11) is 1.61. The number of carbonyl (C=O) groups excluding carboxylic acids is 1. The Morgan fingerprint density at radius 3 is 2.36 bits per heavy atom. The van der Waals surface area contributed by atoms with Crippen molar-refractivity contribution in [2.75, 3.05) is 12.4 Å². The van der Waals surface area contributed by atoms with E-state index in [0.29, 0.717) is 10.9 Å². The zero-order chi connectivity index (χ0) is 15.8. The van der Waals surface area contributed by atoms with Gasteiger partial charge in [0, 0.05) is 5.56 Å². The number of benzene rings is 2. The van der Waals surface area contributed by atoms with Crippen LogP contribution >= 0.6 is 15.9 Å². The first-order valence-electron chi connectivity index (χ1n) is 6.68. The van der Waals surface area contributed by atoms with Gasteiger partial charge in [-0.05, 0) is 42.0 Å². The average molecular weight is 359 g/mol. The van der Waals surface area contributed by atoms with Crippen LogP contribution in [0.2, 0.25) is 0 Å². The van der Waals surface area contributed by atoms with E-state index >= 15 is 0 Å². The van der Waals surface area contributed by atoms with Crippen molar-refractivity contribution in [1.29, 1.82) is 0 Å². The standard InChI is InChI=1S/C18H15BrO3/c1-21-17-10-6-15(7-11-17)13-22-18(20)16-8-4-14(5-9-16)3-2-12-19/h4-11H,12-13H2,1H3. The number of hydrogen-bond donors (Lipinski definition) is 0. The molecule has 2 aromatic rings. The van der Waals surface area contributed by atoms with Crippen molar-refractivity contribution in [2.45, 2.75) is 6.61 Å². The van der Waals surface area contributed by atoms with E-state index < -0.39 is 0 Å². The number of alkyl halides is 1. The normalized spacial score (nSPS) is 9.55. The first-order valence-corrected chi connectivity index (χ1v) is 7.80. The summed E-state index contributed by atoms with van der Waals surface area (Å²) in [6, 6.07) is 14.4. The summed E-state index contributed by atoms with van der Waals surface area (Å²) in [5.74, 6) is 6.30. The lowest BCUT2D eigenvalue weighted by Gasteiger charge is -2.06. The van der Waals surface area contributed by atoms with E-state index in [2.05, 4.69) is 27.8 Å². The summed E-state index contributed by atoms with van der Waals surface area (Å²) in [5.41, 5.74) is 2.29. The molecule has 0 saturated heterocycles. The van der Waals surface area contributed by atoms with Crippen molar-refractivity contribution >= 4 is 21.9 Å². The van der Waals surface area contributed by atoms with Gasteiger partial charge in [-0.25, -0.2) is 4.79 Å². The number of halogens is 1. The second kappa shape index (κ2) is 8.26. The highest BCUT2D eigenvalue weighted by atomic mass is 79.9. The molecule has 4 heteroatoms. The minimum atomic E-state index is -0.351. The van der Waals surface area contributed by atoms with Crippen LogP contribution in [-0.4, -0.2) is 18.4 Å². The molecular formula is C18H15BrO3. The van der Waals surface area contributed by atoms with Gasteiger partial charge in [0.05, 0.1) is 18.0 Å². The molecule has 0 radical (unpaired) electrons. The van der Waals surface area contributed by atoms with E-state index in [0.717, 1.165) is 16.9 Å². The predicted molar refractivity (Wildman–Crippen MR) is 89.2 cm³/mol. The Morgan fingerprint density at radius 2 is 1.77 bits per heavy atom. The van der Waals surface area contributed by atoms with Crippen LogP contribution in [-0.2, 0) is 11.3 Å². The quantitative estimate of drug-likeness (QED) is 0.473. The van der Waals surface area contributed by atoms with Crippen molar-refractivity contribution in [2.24, 2.45) is 0 Å². The summed E-state index contributed by atoms with van der Waals surface area (Å²) in [5, 5.41) is 0.624. The maximum Gasteiger partial charge on any atom is 0.338 e. The Balaban J connectivity index is 1.93. The van der Waals surface area contributed by atoms with Gasteiger partial charge in [-0.1, -0.05) is 39.9 Å². The Morgan fingerprint density at radius 1 is 1.09 bits per heavy atom. The molecule has 2 rings (SSSR count). The van der Waals surface area contributed by atoms with Gasteiger partial charge >= 0.3 is 5.97 Å². The second-order valence-electron chi connectivity index (χ2n) is 4.44. The molecule has 0 fully saturated rings. The predicted octanol–water partition coefficient (Wildman–Crippen LogP) is 3.80. The van der Waals surface area contributed by atoms with Crippen LogP contribution in [0.5, 0.6) is 5.75 Å². The Bertz CT molecular complexity index is 679. The highest BCUT2D eigenvalue weighted by Crippen LogP contribution is 2.13. The summed E-state index contributed by atoms with van der Waals surface area (Å²) in [6.07, 6.45) is 0. The topological polar surface area (TPSA) is 35.5 Å². The highest BCUT2D eigenvalue weighted by Gasteiger charge is 2.07. The van der Waals surface area contributed by atoms with E-state index in [1.165, 1.54) is 0 Å². The summed E-state index contributed by atoms with van der Waals surface area (Å²) in [4.78, 5) is 12.0. The van der Waals surface area contributed by atoms with Crippen molar-refractivity contribution in [3.63, 3.8) is 0 Å². The largest absolute Gasteiger partial charge is 0.497 e. The summed E-state index contributed by atoms with van der Waals surface area (Å²) in [6.45, 7) is 0.230. The molecular weight excluding hydrogens is 344 g/mol. The molecule has 0 spiro atoms. The molecule has 0 amide bonds. The maximum absolute atomic E-state index is 12.0. The third-order valence-corrected chi connectivity index (χ3v) is 3.23. The Kier molecular flexibility index (Phi) is 6.05. The molecule has 0 atom stereocenters. The lowest BCUT2D eigenvalue weighted by Crippen LogP contribution is -2.05. The molecule has 0 aromatic heterocycles. The molecule has 0 bridgehead atoms. The van der Waals surface area contributed by atoms with Crippen molar-refractivity contribution in [1.82, 2.24) is 0 Å². The van der Waals surface area contributed by atoms with Crippen LogP contribution in [0.25, 0.3) is 0 Å². The lowest BCUT2D eigenvalue weighted by atomic mass is 10.1. The van der Waals surface area contributed by atoms with Crippen molar-refractivity contribution in [3.05, 3.63) is 65.2 Å². The lowest BCUT2D eigenvalue weighted by molar-refractivity contribution is 0.0472. The van der Waals surface area contributed by atoms with Gasteiger partial charge in [0.15, 0.2) is 0 Å². The smallest absolute Gasteiger partial charge is 0.338 e. The second-order valence-corrected chi connectivity index (χ2v) is 5.00. The van der Waals surface area contributed by atoms with Gasteiger partial charge in [-0.3, -0.25) is 0 Å². The van der Waals surface area contributed by atoms with Gasteiger partial charge in [0.1, 0.15) is 12.4 Å². The fourth-order valence-electron chi connectivity index (χ4n) is 1.78. The van der Waals surface area contributed by atoms with Crippen LogP contribution in [0.15, 0.2) is 48.5 Å². The van der Waals surface area contributed by atoms with Gasteiger partial charge in [-0.2, -0.15) is 0 Å². The van der Waals surface area contributed by atoms with E-state index in [4.69, 9.17) is 9.47 Å². The van der Waals surface area contributed by atoms with E-state index in [1.54, 1.807) is 31.4 Å². The van der Waals surface area contributed by atoms with Crippen LogP contribution in [0.1, 0.15) is 21.5 Å². The van der Waals surface area contributed by atoms with Crippen LogP contribution in [0.4, 0.5) is 0 Å². The van der Waals surface area contributed by atoms with E-state index in [9.17, 15) is 4.79 Å². The summed E-state index contributed by atoms with van der Waals surface area (Å²) < 4.78 is 10.4. The fraction of sp³-hybridized carbons (Fsp3) is 0.167. The molecule has 0 aliphatic carbocycles. The van der Waals surface area contributed by atoms with Crippen LogP contribution < -0.4 is 4.74 Å². The first-order chi connectivity index (χ1) is 10.7. The van der Waals surface area contributed by atoms with Gasteiger partial charge < -0.3 is 9.47 Å². The third-order valence-electron chi connectivity index (χ3n) is 2.95. The molecule has 0 heterocycles. The van der Waals surface area contributed by atoms with Crippen molar-refractivity contribution in [3.8, 4) is 17.6 Å². The molecule has 112 valence electrons.